The summed E-state index contributed by atoms with van der Waals surface area (Å²) in [6, 6.07) is 3.88. The second kappa shape index (κ2) is 3.77. The zero-order chi connectivity index (χ0) is 10.9. The van der Waals surface area contributed by atoms with Crippen molar-refractivity contribution in [3.05, 3.63) is 22.2 Å². The Morgan fingerprint density at radius 2 is 2.07 bits per heavy atom. The maximum atomic E-state index is 10.9. The molecule has 0 saturated carbocycles. The number of rotatable bonds is 1. The van der Waals surface area contributed by atoms with Crippen LogP contribution in [0, 0.1) is 11.3 Å². The van der Waals surface area contributed by atoms with Crippen molar-refractivity contribution in [2.45, 2.75) is 4.90 Å². The Bertz CT molecular complexity index is 520. The van der Waals surface area contributed by atoms with Gasteiger partial charge in [0.25, 0.3) is 9.05 Å². The lowest BCUT2D eigenvalue weighted by molar-refractivity contribution is 0.459. The SMILES string of the molecule is N#Cc1cc(O)c(S(=O)(=O)Cl)cc1Br. The largest absolute Gasteiger partial charge is 0.506 e. The van der Waals surface area contributed by atoms with Crippen LogP contribution in [0.5, 0.6) is 5.75 Å². The van der Waals surface area contributed by atoms with E-state index in [0.29, 0.717) is 0 Å². The first kappa shape index (κ1) is 11.3. The van der Waals surface area contributed by atoms with Crippen molar-refractivity contribution >= 4 is 35.7 Å². The molecule has 0 fully saturated rings. The van der Waals surface area contributed by atoms with E-state index in [2.05, 4.69) is 15.9 Å². The molecule has 14 heavy (non-hydrogen) atoms. The molecule has 0 bridgehead atoms. The predicted molar refractivity (Wildman–Crippen MR) is 53.6 cm³/mol. The van der Waals surface area contributed by atoms with Gasteiger partial charge in [0.05, 0.1) is 5.56 Å². The number of benzene rings is 1. The monoisotopic (exact) mass is 295 g/mol. The molecule has 0 radical (unpaired) electrons. The van der Waals surface area contributed by atoms with Gasteiger partial charge < -0.3 is 5.11 Å². The summed E-state index contributed by atoms with van der Waals surface area (Å²) in [4.78, 5) is -0.426. The van der Waals surface area contributed by atoms with Gasteiger partial charge in [0.2, 0.25) is 0 Å². The highest BCUT2D eigenvalue weighted by molar-refractivity contribution is 9.10. The molecule has 0 saturated heterocycles. The van der Waals surface area contributed by atoms with Crippen LogP contribution in [-0.2, 0) is 9.05 Å². The van der Waals surface area contributed by atoms with Gasteiger partial charge in [-0.2, -0.15) is 5.26 Å². The summed E-state index contributed by atoms with van der Waals surface area (Å²) in [5.74, 6) is -0.542. The summed E-state index contributed by atoms with van der Waals surface area (Å²) in [5.41, 5.74) is 0.131. The lowest BCUT2D eigenvalue weighted by atomic mass is 10.2. The summed E-state index contributed by atoms with van der Waals surface area (Å²) in [5, 5.41) is 17.8. The minimum Gasteiger partial charge on any atom is -0.506 e. The summed E-state index contributed by atoms with van der Waals surface area (Å²) in [6.07, 6.45) is 0. The zero-order valence-electron chi connectivity index (χ0n) is 6.53. The Balaban J connectivity index is 3.54. The van der Waals surface area contributed by atoms with Crippen molar-refractivity contribution < 1.29 is 13.5 Å². The van der Waals surface area contributed by atoms with E-state index in [1.54, 1.807) is 6.07 Å². The van der Waals surface area contributed by atoms with Gasteiger partial charge in [0.15, 0.2) is 0 Å². The van der Waals surface area contributed by atoms with E-state index in [1.165, 1.54) is 0 Å². The molecular weight excluding hydrogens is 294 g/mol. The van der Waals surface area contributed by atoms with Crippen molar-refractivity contribution in [2.24, 2.45) is 0 Å². The van der Waals surface area contributed by atoms with Gasteiger partial charge in [0, 0.05) is 21.2 Å². The maximum Gasteiger partial charge on any atom is 0.265 e. The average Bonchev–Trinajstić information content (AvgIpc) is 2.06. The molecular formula is C7H3BrClNO3S. The molecule has 0 atom stereocenters. The quantitative estimate of drug-likeness (QED) is 0.804. The van der Waals surface area contributed by atoms with Crippen LogP contribution in [0.4, 0.5) is 0 Å². The molecule has 0 heterocycles. The molecule has 0 unspecified atom stereocenters. The van der Waals surface area contributed by atoms with E-state index in [1.807, 2.05) is 0 Å². The number of aromatic hydroxyl groups is 1. The van der Waals surface area contributed by atoms with E-state index in [0.717, 1.165) is 12.1 Å². The molecule has 0 aromatic heterocycles. The lowest BCUT2D eigenvalue weighted by Gasteiger charge is -2.02. The van der Waals surface area contributed by atoms with Gasteiger partial charge in [0.1, 0.15) is 16.7 Å². The number of hydrogen-bond donors (Lipinski definition) is 1. The standard InChI is InChI=1S/C7H3BrClNO3S/c8-5-2-7(14(9,12)13)6(11)1-4(5)3-10/h1-2,11H. The first-order chi connectivity index (χ1) is 6.36. The van der Waals surface area contributed by atoms with Crippen LogP contribution in [0.25, 0.3) is 0 Å². The van der Waals surface area contributed by atoms with Crippen molar-refractivity contribution in [1.29, 1.82) is 5.26 Å². The highest BCUT2D eigenvalue weighted by atomic mass is 79.9. The molecule has 0 aliphatic heterocycles. The third kappa shape index (κ3) is 2.18. The smallest absolute Gasteiger partial charge is 0.265 e. The molecule has 74 valence electrons. The Morgan fingerprint density at radius 3 is 2.50 bits per heavy atom. The highest BCUT2D eigenvalue weighted by Gasteiger charge is 2.17. The lowest BCUT2D eigenvalue weighted by Crippen LogP contribution is -1.92. The summed E-state index contributed by atoms with van der Waals surface area (Å²) in [7, 11) is 1.04. The Hall–Kier alpha value is -0.770. The molecule has 0 aliphatic carbocycles. The van der Waals surface area contributed by atoms with Crippen LogP contribution in [0.1, 0.15) is 5.56 Å². The van der Waals surface area contributed by atoms with Crippen LogP contribution >= 0.6 is 26.6 Å². The first-order valence-corrected chi connectivity index (χ1v) is 6.33. The Kier molecular flexibility index (Phi) is 3.04. The van der Waals surface area contributed by atoms with Crippen LogP contribution in [0.3, 0.4) is 0 Å². The first-order valence-electron chi connectivity index (χ1n) is 3.23. The van der Waals surface area contributed by atoms with Gasteiger partial charge in [-0.15, -0.1) is 0 Å². The van der Waals surface area contributed by atoms with Gasteiger partial charge in [-0.1, -0.05) is 0 Å². The van der Waals surface area contributed by atoms with E-state index in [4.69, 9.17) is 15.9 Å². The second-order valence-electron chi connectivity index (χ2n) is 2.35. The summed E-state index contributed by atoms with van der Waals surface area (Å²) >= 11 is 2.98. The molecule has 0 aliphatic rings. The van der Waals surface area contributed by atoms with Crippen molar-refractivity contribution in [3.63, 3.8) is 0 Å². The highest BCUT2D eigenvalue weighted by Crippen LogP contribution is 2.31. The minimum absolute atomic E-state index is 0.131. The number of hydrogen-bond acceptors (Lipinski definition) is 4. The molecule has 1 aromatic rings. The van der Waals surface area contributed by atoms with E-state index in [9.17, 15) is 13.5 Å². The Morgan fingerprint density at radius 1 is 1.50 bits per heavy atom. The second-order valence-corrected chi connectivity index (χ2v) is 5.74. The average molecular weight is 297 g/mol. The number of nitriles is 1. The number of nitrogens with zero attached hydrogens (tertiary/aromatic N) is 1. The third-order valence-corrected chi connectivity index (χ3v) is 3.44. The fraction of sp³-hybridized carbons (Fsp3) is 0. The van der Waals surface area contributed by atoms with Gasteiger partial charge in [-0.25, -0.2) is 8.42 Å². The Labute approximate surface area is 93.3 Å². The third-order valence-electron chi connectivity index (χ3n) is 1.43. The van der Waals surface area contributed by atoms with E-state index >= 15 is 0 Å². The van der Waals surface area contributed by atoms with Crippen molar-refractivity contribution in [3.8, 4) is 11.8 Å². The van der Waals surface area contributed by atoms with Gasteiger partial charge in [-0.05, 0) is 22.0 Å². The van der Waals surface area contributed by atoms with E-state index < -0.39 is 19.7 Å². The minimum atomic E-state index is -4.00. The molecule has 0 spiro atoms. The summed E-state index contributed by atoms with van der Waals surface area (Å²) < 4.78 is 22.1. The number of phenolic OH excluding ortho intramolecular Hbond substituents is 1. The van der Waals surface area contributed by atoms with E-state index in [-0.39, 0.29) is 10.0 Å². The molecule has 7 heteroatoms. The number of halogens is 2. The van der Waals surface area contributed by atoms with Crippen molar-refractivity contribution in [1.82, 2.24) is 0 Å². The maximum absolute atomic E-state index is 10.9. The normalized spacial score (nSPS) is 10.9. The van der Waals surface area contributed by atoms with Gasteiger partial charge in [-0.3, -0.25) is 0 Å². The fourth-order valence-corrected chi connectivity index (χ4v) is 2.35. The molecule has 1 aromatic carbocycles. The van der Waals surface area contributed by atoms with Crippen molar-refractivity contribution in [2.75, 3.05) is 0 Å². The number of phenols is 1. The van der Waals surface area contributed by atoms with Crippen LogP contribution in [0.15, 0.2) is 21.5 Å². The molecule has 0 amide bonds. The molecule has 1 N–H and O–H groups in total. The molecule has 4 nitrogen and oxygen atoms in total. The van der Waals surface area contributed by atoms with Gasteiger partial charge >= 0.3 is 0 Å². The van der Waals surface area contributed by atoms with Crippen LogP contribution < -0.4 is 0 Å². The molecule has 1 rings (SSSR count). The van der Waals surface area contributed by atoms with Crippen LogP contribution in [0.2, 0.25) is 0 Å². The van der Waals surface area contributed by atoms with Crippen LogP contribution in [-0.4, -0.2) is 13.5 Å². The summed E-state index contributed by atoms with van der Waals surface area (Å²) in [6.45, 7) is 0. The fourth-order valence-electron chi connectivity index (χ4n) is 0.825. The zero-order valence-corrected chi connectivity index (χ0v) is 9.69. The predicted octanol–water partition coefficient (Wildman–Crippen LogP) is 1.95. The topological polar surface area (TPSA) is 78.2 Å².